The molecule has 1 aromatic heterocycles. The van der Waals surface area contributed by atoms with Crippen LogP contribution in [0.15, 0.2) is 18.3 Å². The van der Waals surface area contributed by atoms with E-state index in [1.54, 1.807) is 13.3 Å². The Morgan fingerprint density at radius 2 is 2.47 bits per heavy atom. The molecular formula is C13H19BrN2O. The zero-order valence-corrected chi connectivity index (χ0v) is 11.8. The summed E-state index contributed by atoms with van der Waals surface area (Å²) in [5.74, 6) is 1.61. The van der Waals surface area contributed by atoms with Crippen molar-refractivity contribution in [1.29, 1.82) is 0 Å². The Morgan fingerprint density at radius 3 is 3.24 bits per heavy atom. The SMILES string of the molecule is COc1ncccc1CN1CCC(CCBr)C1. The van der Waals surface area contributed by atoms with Gasteiger partial charge >= 0.3 is 0 Å². The van der Waals surface area contributed by atoms with Gasteiger partial charge in [-0.1, -0.05) is 22.0 Å². The quantitative estimate of drug-likeness (QED) is 0.782. The highest BCUT2D eigenvalue weighted by molar-refractivity contribution is 9.09. The van der Waals surface area contributed by atoms with Crippen LogP contribution in [-0.4, -0.2) is 35.4 Å². The van der Waals surface area contributed by atoms with Crippen LogP contribution in [0.2, 0.25) is 0 Å². The molecule has 1 aliphatic heterocycles. The average Bonchev–Trinajstić information content (AvgIpc) is 2.78. The van der Waals surface area contributed by atoms with E-state index in [0.29, 0.717) is 0 Å². The third-order valence-corrected chi connectivity index (χ3v) is 3.78. The molecule has 3 nitrogen and oxygen atoms in total. The molecule has 4 heteroatoms. The molecule has 1 aromatic rings. The standard InChI is InChI=1S/C13H19BrN2O/c1-17-13-12(3-2-7-15-13)10-16-8-5-11(9-16)4-6-14/h2-3,7,11H,4-6,8-10H2,1H3. The number of hydrogen-bond acceptors (Lipinski definition) is 3. The van der Waals surface area contributed by atoms with Crippen LogP contribution in [0.5, 0.6) is 5.88 Å². The molecule has 1 unspecified atom stereocenters. The van der Waals surface area contributed by atoms with Crippen LogP contribution in [0.25, 0.3) is 0 Å². The summed E-state index contributed by atoms with van der Waals surface area (Å²) in [5, 5.41) is 1.11. The summed E-state index contributed by atoms with van der Waals surface area (Å²) in [5.41, 5.74) is 1.19. The number of likely N-dealkylation sites (tertiary alicyclic amines) is 1. The van der Waals surface area contributed by atoms with Crippen molar-refractivity contribution in [2.75, 3.05) is 25.5 Å². The number of halogens is 1. The number of hydrogen-bond donors (Lipinski definition) is 0. The molecule has 2 heterocycles. The van der Waals surface area contributed by atoms with Gasteiger partial charge < -0.3 is 4.74 Å². The molecule has 0 bridgehead atoms. The van der Waals surface area contributed by atoms with Crippen molar-refractivity contribution in [2.24, 2.45) is 5.92 Å². The van der Waals surface area contributed by atoms with Gasteiger partial charge in [-0.2, -0.15) is 0 Å². The third-order valence-electron chi connectivity index (χ3n) is 3.32. The van der Waals surface area contributed by atoms with Crippen molar-refractivity contribution in [1.82, 2.24) is 9.88 Å². The predicted octanol–water partition coefficient (Wildman–Crippen LogP) is 2.70. The van der Waals surface area contributed by atoms with Gasteiger partial charge in [0.15, 0.2) is 0 Å². The maximum atomic E-state index is 5.28. The molecule has 1 aliphatic rings. The fraction of sp³-hybridized carbons (Fsp3) is 0.615. The fourth-order valence-corrected chi connectivity index (χ4v) is 3.06. The van der Waals surface area contributed by atoms with Gasteiger partial charge in [0.2, 0.25) is 5.88 Å². The maximum Gasteiger partial charge on any atom is 0.217 e. The van der Waals surface area contributed by atoms with Crippen LogP contribution in [0.4, 0.5) is 0 Å². The number of rotatable bonds is 5. The van der Waals surface area contributed by atoms with Gasteiger partial charge in [-0.25, -0.2) is 4.98 Å². The molecule has 0 amide bonds. The Balaban J connectivity index is 1.93. The second-order valence-electron chi connectivity index (χ2n) is 4.54. The molecule has 1 fully saturated rings. The zero-order chi connectivity index (χ0) is 12.1. The van der Waals surface area contributed by atoms with E-state index in [9.17, 15) is 0 Å². The van der Waals surface area contributed by atoms with Gasteiger partial charge in [-0.15, -0.1) is 0 Å². The van der Waals surface area contributed by atoms with E-state index in [-0.39, 0.29) is 0 Å². The molecule has 17 heavy (non-hydrogen) atoms. The second-order valence-corrected chi connectivity index (χ2v) is 5.33. The number of aromatic nitrogens is 1. The molecule has 1 saturated heterocycles. The predicted molar refractivity (Wildman–Crippen MR) is 72.6 cm³/mol. The highest BCUT2D eigenvalue weighted by Gasteiger charge is 2.22. The smallest absolute Gasteiger partial charge is 0.217 e. The number of alkyl halides is 1. The second kappa shape index (κ2) is 6.36. The summed E-state index contributed by atoms with van der Waals surface area (Å²) in [7, 11) is 1.68. The lowest BCUT2D eigenvalue weighted by molar-refractivity contribution is 0.304. The molecule has 0 spiro atoms. The monoisotopic (exact) mass is 298 g/mol. The lowest BCUT2D eigenvalue weighted by atomic mass is 10.1. The summed E-state index contributed by atoms with van der Waals surface area (Å²) in [6, 6.07) is 4.08. The Morgan fingerprint density at radius 1 is 1.59 bits per heavy atom. The van der Waals surface area contributed by atoms with Gasteiger partial charge in [0.25, 0.3) is 0 Å². The van der Waals surface area contributed by atoms with Crippen LogP contribution in [0.3, 0.4) is 0 Å². The topological polar surface area (TPSA) is 25.4 Å². The average molecular weight is 299 g/mol. The number of nitrogens with zero attached hydrogens (tertiary/aromatic N) is 2. The first-order valence-electron chi connectivity index (χ1n) is 6.09. The van der Waals surface area contributed by atoms with Crippen molar-refractivity contribution in [2.45, 2.75) is 19.4 Å². The van der Waals surface area contributed by atoms with Crippen LogP contribution in [-0.2, 0) is 6.54 Å². The minimum absolute atomic E-state index is 0.761. The van der Waals surface area contributed by atoms with Gasteiger partial charge in [0.05, 0.1) is 7.11 Å². The van der Waals surface area contributed by atoms with Gasteiger partial charge in [-0.05, 0) is 31.4 Å². The van der Waals surface area contributed by atoms with Crippen LogP contribution >= 0.6 is 15.9 Å². The molecule has 0 aromatic carbocycles. The van der Waals surface area contributed by atoms with Crippen molar-refractivity contribution in [3.63, 3.8) is 0 Å². The highest BCUT2D eigenvalue weighted by atomic mass is 79.9. The third kappa shape index (κ3) is 3.42. The van der Waals surface area contributed by atoms with Crippen molar-refractivity contribution >= 4 is 15.9 Å². The summed E-state index contributed by atoms with van der Waals surface area (Å²) < 4.78 is 5.28. The van der Waals surface area contributed by atoms with E-state index in [4.69, 9.17) is 4.74 Å². The lowest BCUT2D eigenvalue weighted by Crippen LogP contribution is -2.20. The van der Waals surface area contributed by atoms with Crippen molar-refractivity contribution in [3.05, 3.63) is 23.9 Å². The highest BCUT2D eigenvalue weighted by Crippen LogP contribution is 2.24. The van der Waals surface area contributed by atoms with Crippen LogP contribution in [0.1, 0.15) is 18.4 Å². The Kier molecular flexibility index (Phi) is 4.80. The first-order chi connectivity index (χ1) is 8.33. The maximum absolute atomic E-state index is 5.28. The molecule has 0 saturated carbocycles. The minimum atomic E-state index is 0.761. The fourth-order valence-electron chi connectivity index (χ4n) is 2.42. The summed E-state index contributed by atoms with van der Waals surface area (Å²) in [6.07, 6.45) is 4.37. The normalized spacial score (nSPS) is 20.7. The van der Waals surface area contributed by atoms with E-state index < -0.39 is 0 Å². The first kappa shape index (κ1) is 12.8. The molecule has 2 rings (SSSR count). The molecular weight excluding hydrogens is 280 g/mol. The zero-order valence-electron chi connectivity index (χ0n) is 10.2. The molecule has 0 N–H and O–H groups in total. The van der Waals surface area contributed by atoms with Crippen LogP contribution < -0.4 is 4.74 Å². The van der Waals surface area contributed by atoms with Crippen LogP contribution in [0, 0.1) is 5.92 Å². The molecule has 94 valence electrons. The number of methoxy groups -OCH3 is 1. The summed E-state index contributed by atoms with van der Waals surface area (Å²) in [6.45, 7) is 3.34. The summed E-state index contributed by atoms with van der Waals surface area (Å²) in [4.78, 5) is 6.73. The minimum Gasteiger partial charge on any atom is -0.481 e. The first-order valence-corrected chi connectivity index (χ1v) is 7.22. The molecule has 1 atom stereocenters. The van der Waals surface area contributed by atoms with Crippen molar-refractivity contribution < 1.29 is 4.74 Å². The number of ether oxygens (including phenoxy) is 1. The van der Waals surface area contributed by atoms with Gasteiger partial charge in [0.1, 0.15) is 0 Å². The Labute approximate surface area is 111 Å². The van der Waals surface area contributed by atoms with E-state index in [1.165, 1.54) is 31.5 Å². The molecule has 0 aliphatic carbocycles. The lowest BCUT2D eigenvalue weighted by Gasteiger charge is -2.17. The van der Waals surface area contributed by atoms with E-state index in [1.807, 2.05) is 6.07 Å². The largest absolute Gasteiger partial charge is 0.481 e. The Hall–Kier alpha value is -0.610. The summed E-state index contributed by atoms with van der Waals surface area (Å²) >= 11 is 3.52. The van der Waals surface area contributed by atoms with Gasteiger partial charge in [-0.3, -0.25) is 4.90 Å². The van der Waals surface area contributed by atoms with Gasteiger partial charge in [0, 0.05) is 30.2 Å². The van der Waals surface area contributed by atoms with E-state index >= 15 is 0 Å². The number of pyridine rings is 1. The van der Waals surface area contributed by atoms with E-state index in [0.717, 1.165) is 23.7 Å². The molecule has 0 radical (unpaired) electrons. The van der Waals surface area contributed by atoms with E-state index in [2.05, 4.69) is 31.9 Å². The van der Waals surface area contributed by atoms with Crippen molar-refractivity contribution in [3.8, 4) is 5.88 Å². The Bertz CT molecular complexity index is 359.